The second kappa shape index (κ2) is 11.4. The molecular weight excluding hydrogens is 498 g/mol. The maximum absolute atomic E-state index is 14.1. The first-order valence-corrected chi connectivity index (χ1v) is 12.6. The van der Waals surface area contributed by atoms with Gasteiger partial charge in [-0.05, 0) is 62.5 Å². The normalized spacial score (nSPS) is 15.8. The van der Waals surface area contributed by atoms with Crippen molar-refractivity contribution >= 4 is 40.6 Å². The van der Waals surface area contributed by atoms with Crippen LogP contribution < -0.4 is 26.4 Å². The van der Waals surface area contributed by atoms with Crippen LogP contribution >= 0.6 is 11.5 Å². The number of hydrogen-bond donors (Lipinski definition) is 3. The van der Waals surface area contributed by atoms with Gasteiger partial charge < -0.3 is 30.7 Å². The van der Waals surface area contributed by atoms with E-state index >= 15 is 0 Å². The molecule has 1 fully saturated rings. The topological polar surface area (TPSA) is 163 Å². The molecular formula is C25H29N5O6S. The van der Waals surface area contributed by atoms with Crippen LogP contribution in [0.2, 0.25) is 0 Å². The van der Waals surface area contributed by atoms with Gasteiger partial charge in [0.05, 0.1) is 24.1 Å². The van der Waals surface area contributed by atoms with E-state index in [4.69, 9.17) is 25.4 Å². The second-order valence-electron chi connectivity index (χ2n) is 8.45. The van der Waals surface area contributed by atoms with Gasteiger partial charge in [-0.25, -0.2) is 0 Å². The van der Waals surface area contributed by atoms with Crippen molar-refractivity contribution in [1.29, 1.82) is 0 Å². The largest absolute Gasteiger partial charge is 0.492 e. The van der Waals surface area contributed by atoms with Crippen molar-refractivity contribution in [1.82, 2.24) is 9.69 Å². The van der Waals surface area contributed by atoms with Crippen molar-refractivity contribution < 1.29 is 28.3 Å². The summed E-state index contributed by atoms with van der Waals surface area (Å²) in [6.45, 7) is 4.79. The van der Waals surface area contributed by atoms with Gasteiger partial charge >= 0.3 is 0 Å². The first kappa shape index (κ1) is 26.2. The third kappa shape index (κ3) is 5.59. The molecule has 0 bridgehead atoms. The van der Waals surface area contributed by atoms with E-state index in [9.17, 15) is 14.4 Å². The van der Waals surface area contributed by atoms with Crippen molar-refractivity contribution in [2.75, 3.05) is 30.4 Å². The van der Waals surface area contributed by atoms with E-state index in [-0.39, 0.29) is 34.7 Å². The van der Waals surface area contributed by atoms with E-state index in [2.05, 4.69) is 9.69 Å². The Kier molecular flexibility index (Phi) is 8.09. The first-order valence-electron chi connectivity index (χ1n) is 11.9. The fourth-order valence-electron chi connectivity index (χ4n) is 4.13. The molecule has 5 N–H and O–H groups in total. The summed E-state index contributed by atoms with van der Waals surface area (Å²) in [4.78, 5) is 40.8. The minimum atomic E-state index is -1.23. The van der Waals surface area contributed by atoms with E-state index in [1.807, 2.05) is 6.92 Å². The highest BCUT2D eigenvalue weighted by Gasteiger charge is 2.39. The number of anilines is 2. The van der Waals surface area contributed by atoms with Crippen LogP contribution in [0.5, 0.6) is 5.75 Å². The average Bonchev–Trinajstić information content (AvgIpc) is 3.63. The molecule has 0 radical (unpaired) electrons. The molecule has 4 rings (SSSR count). The van der Waals surface area contributed by atoms with Crippen LogP contribution in [-0.4, -0.2) is 48.0 Å². The number of nitrogens with zero attached hydrogens (tertiary/aromatic N) is 2. The Labute approximate surface area is 217 Å². The predicted molar refractivity (Wildman–Crippen MR) is 138 cm³/mol. The molecule has 0 aliphatic carbocycles. The number of para-hydroxylation sites is 2. The fourth-order valence-corrected chi connectivity index (χ4v) is 4.87. The molecule has 3 amide bonds. The summed E-state index contributed by atoms with van der Waals surface area (Å²) in [7, 11) is 0. The number of hydrogen-bond acceptors (Lipinski definition) is 9. The summed E-state index contributed by atoms with van der Waals surface area (Å²) in [5, 5.41) is 2.90. The molecule has 0 spiro atoms. The van der Waals surface area contributed by atoms with Crippen LogP contribution in [0.15, 0.2) is 40.8 Å². The zero-order valence-electron chi connectivity index (χ0n) is 20.6. The first-order chi connectivity index (χ1) is 17.8. The maximum atomic E-state index is 14.1. The highest BCUT2D eigenvalue weighted by Crippen LogP contribution is 2.38. The van der Waals surface area contributed by atoms with Crippen LogP contribution in [0.25, 0.3) is 0 Å². The molecule has 1 aliphatic heterocycles. The van der Waals surface area contributed by atoms with Gasteiger partial charge in [0, 0.05) is 13.2 Å². The summed E-state index contributed by atoms with van der Waals surface area (Å²) < 4.78 is 21.3. The Hall–Kier alpha value is -3.90. The van der Waals surface area contributed by atoms with Crippen molar-refractivity contribution in [3.63, 3.8) is 0 Å². The molecule has 0 saturated carbocycles. The highest BCUT2D eigenvalue weighted by atomic mass is 32.1. The number of ether oxygens (including phenoxy) is 2. The molecule has 0 unspecified atom stereocenters. The molecule has 12 heteroatoms. The number of amides is 3. The minimum absolute atomic E-state index is 0.0414. The average molecular weight is 528 g/mol. The Morgan fingerprint density at radius 3 is 2.68 bits per heavy atom. The van der Waals surface area contributed by atoms with Gasteiger partial charge in [0.1, 0.15) is 22.1 Å². The highest BCUT2D eigenvalue weighted by molar-refractivity contribution is 7.09. The summed E-state index contributed by atoms with van der Waals surface area (Å²) >= 11 is 0.728. The zero-order chi connectivity index (χ0) is 26.5. The lowest BCUT2D eigenvalue weighted by molar-refractivity contribution is -0.123. The van der Waals surface area contributed by atoms with Gasteiger partial charge in [-0.2, -0.15) is 4.37 Å². The van der Waals surface area contributed by atoms with Crippen molar-refractivity contribution in [2.45, 2.75) is 38.8 Å². The molecule has 2 aromatic heterocycles. The molecule has 37 heavy (non-hydrogen) atoms. The standard InChI is InChI=1S/C25H29N5O6S/c1-3-34-17-9-5-4-8-16(17)30(25(33)22-19(26)20(23(27)31)29-37-22)21(18-11-10-14(2)36-18)24(32)28-13-15-7-6-12-35-15/h4-5,8-11,15,21H,3,6-7,12-13,26H2,1-2H3,(H2,27,31)(H,28,32)/t15-,21+/m1/s1. The third-order valence-electron chi connectivity index (χ3n) is 5.86. The molecule has 2 atom stereocenters. The van der Waals surface area contributed by atoms with Gasteiger partial charge in [-0.1, -0.05) is 12.1 Å². The smallest absolute Gasteiger partial charge is 0.273 e. The van der Waals surface area contributed by atoms with Crippen LogP contribution in [0.3, 0.4) is 0 Å². The summed E-state index contributed by atoms with van der Waals surface area (Å²) in [6, 6.07) is 8.94. The van der Waals surface area contributed by atoms with Crippen LogP contribution in [0.4, 0.5) is 11.4 Å². The van der Waals surface area contributed by atoms with Crippen molar-refractivity contribution in [2.24, 2.45) is 5.73 Å². The number of primary amides is 1. The van der Waals surface area contributed by atoms with E-state index in [1.54, 1.807) is 43.3 Å². The molecule has 1 saturated heterocycles. The number of carbonyl (C=O) groups excluding carboxylic acids is 3. The molecule has 3 heterocycles. The van der Waals surface area contributed by atoms with Crippen LogP contribution in [-0.2, 0) is 9.53 Å². The molecule has 196 valence electrons. The molecule has 1 aliphatic rings. The monoisotopic (exact) mass is 527 g/mol. The Bertz CT molecular complexity index is 1280. The van der Waals surface area contributed by atoms with E-state index < -0.39 is 23.8 Å². The number of aryl methyl sites for hydroxylation is 1. The lowest BCUT2D eigenvalue weighted by Gasteiger charge is -2.31. The van der Waals surface area contributed by atoms with Crippen molar-refractivity contribution in [3.8, 4) is 5.75 Å². The lowest BCUT2D eigenvalue weighted by atomic mass is 10.1. The van der Waals surface area contributed by atoms with E-state index in [1.165, 1.54) is 4.90 Å². The van der Waals surface area contributed by atoms with Crippen LogP contribution in [0, 0.1) is 6.92 Å². The molecule has 3 aromatic rings. The van der Waals surface area contributed by atoms with Gasteiger partial charge in [-0.15, -0.1) is 0 Å². The molecule has 11 nitrogen and oxygen atoms in total. The SMILES string of the molecule is CCOc1ccccc1N(C(=O)c1snc(C(N)=O)c1N)[C@H](C(=O)NC[C@H]1CCCO1)c1ccc(C)o1. The molecule has 1 aromatic carbocycles. The van der Waals surface area contributed by atoms with Gasteiger partial charge in [0.25, 0.3) is 17.7 Å². The van der Waals surface area contributed by atoms with E-state index in [0.717, 1.165) is 24.4 Å². The second-order valence-corrected chi connectivity index (χ2v) is 9.22. The van der Waals surface area contributed by atoms with Gasteiger partial charge in [-0.3, -0.25) is 19.3 Å². The number of aromatic nitrogens is 1. The Balaban J connectivity index is 1.83. The number of carbonyl (C=O) groups is 3. The lowest BCUT2D eigenvalue weighted by Crippen LogP contribution is -2.45. The fraction of sp³-hybridized carbons (Fsp3) is 0.360. The van der Waals surface area contributed by atoms with Crippen LogP contribution in [0.1, 0.15) is 57.5 Å². The predicted octanol–water partition coefficient (Wildman–Crippen LogP) is 2.81. The number of benzene rings is 1. The zero-order valence-corrected chi connectivity index (χ0v) is 21.4. The quantitative estimate of drug-likeness (QED) is 0.362. The number of nitrogens with two attached hydrogens (primary N) is 2. The number of rotatable bonds is 10. The van der Waals surface area contributed by atoms with Gasteiger partial charge in [0.2, 0.25) is 0 Å². The number of nitrogens with one attached hydrogen (secondary N) is 1. The third-order valence-corrected chi connectivity index (χ3v) is 6.72. The maximum Gasteiger partial charge on any atom is 0.273 e. The number of nitrogen functional groups attached to an aromatic ring is 1. The Morgan fingerprint density at radius 1 is 1.27 bits per heavy atom. The Morgan fingerprint density at radius 2 is 2.05 bits per heavy atom. The summed E-state index contributed by atoms with van der Waals surface area (Å²) in [6.07, 6.45) is 1.63. The number of furan rings is 1. The summed E-state index contributed by atoms with van der Waals surface area (Å²) in [5.74, 6) is -0.840. The van der Waals surface area contributed by atoms with Gasteiger partial charge in [0.15, 0.2) is 11.7 Å². The van der Waals surface area contributed by atoms with E-state index in [0.29, 0.717) is 30.4 Å². The minimum Gasteiger partial charge on any atom is -0.492 e. The van der Waals surface area contributed by atoms with Crippen molar-refractivity contribution in [3.05, 3.63) is 58.5 Å². The summed E-state index contributed by atoms with van der Waals surface area (Å²) in [5.41, 5.74) is 11.4.